The van der Waals surface area contributed by atoms with E-state index < -0.39 is 78.0 Å². The molecule has 22 nitrogen and oxygen atoms in total. The molecule has 22 heteroatoms. The third-order valence-corrected chi connectivity index (χ3v) is 9.46. The summed E-state index contributed by atoms with van der Waals surface area (Å²) in [7, 11) is 0. The maximum Gasteiger partial charge on any atom is 0.353 e. The van der Waals surface area contributed by atoms with E-state index in [4.69, 9.17) is 4.84 Å². The molecular weight excluding hydrogens is 590 g/mol. The van der Waals surface area contributed by atoms with E-state index in [2.05, 4.69) is 46.3 Å². The second-order valence-corrected chi connectivity index (χ2v) is 11.2. The molecule has 7 rings (SSSR count). The monoisotopic (exact) mass is 611 g/mol. The lowest BCUT2D eigenvalue weighted by Gasteiger charge is -2.65. The SMILES string of the molecule is O=[N+]([O-])OC12CC3C(C4([N+](=O)[O-])C=CC=NN=N4)C(C1)C(C1([N+](=O)[O-])C=CC=NN=N1)C(C2)C3C1([N+](=O)[O-])C=CC=NN=N1. The average Bonchev–Trinajstić information content (AvgIpc) is 3.46. The van der Waals surface area contributed by atoms with E-state index in [9.17, 15) is 40.5 Å². The molecule has 4 saturated carbocycles. The molecule has 0 saturated heterocycles. The van der Waals surface area contributed by atoms with Gasteiger partial charge in [-0.3, -0.25) is 30.3 Å². The zero-order valence-corrected chi connectivity index (χ0v) is 22.3. The Morgan fingerprint density at radius 2 is 0.886 bits per heavy atom. The van der Waals surface area contributed by atoms with Crippen molar-refractivity contribution in [2.45, 2.75) is 41.9 Å². The van der Waals surface area contributed by atoms with Crippen molar-refractivity contribution in [1.82, 2.24) is 0 Å². The van der Waals surface area contributed by atoms with Crippen molar-refractivity contribution in [3.8, 4) is 0 Å². The molecule has 228 valence electrons. The summed E-state index contributed by atoms with van der Waals surface area (Å²) in [5.74, 6) is -7.67. The smallest absolute Gasteiger partial charge is 0.307 e. The Morgan fingerprint density at radius 3 is 1.16 bits per heavy atom. The highest BCUT2D eigenvalue weighted by molar-refractivity contribution is 5.72. The second-order valence-electron chi connectivity index (χ2n) is 11.2. The molecule has 7 aliphatic rings. The van der Waals surface area contributed by atoms with Crippen LogP contribution in [0.3, 0.4) is 0 Å². The molecular formula is C22H21N13O9. The molecule has 0 radical (unpaired) electrons. The third kappa shape index (κ3) is 3.96. The lowest BCUT2D eigenvalue weighted by atomic mass is 9.38. The van der Waals surface area contributed by atoms with Crippen LogP contribution < -0.4 is 0 Å². The molecule has 0 N–H and O–H groups in total. The molecule has 3 atom stereocenters. The molecule has 4 bridgehead atoms. The Morgan fingerprint density at radius 1 is 0.568 bits per heavy atom. The first kappa shape index (κ1) is 28.5. The Hall–Kier alpha value is -5.57. The van der Waals surface area contributed by atoms with E-state index in [1.54, 1.807) is 0 Å². The summed E-state index contributed by atoms with van der Waals surface area (Å²) in [6.07, 6.45) is 9.63. The van der Waals surface area contributed by atoms with E-state index in [0.717, 1.165) is 36.9 Å². The van der Waals surface area contributed by atoms with Gasteiger partial charge < -0.3 is 4.84 Å². The fraction of sp³-hybridized carbons (Fsp3) is 0.591. The van der Waals surface area contributed by atoms with Crippen LogP contribution in [0.15, 0.2) is 82.8 Å². The van der Waals surface area contributed by atoms with Crippen LogP contribution in [0.1, 0.15) is 19.3 Å². The zero-order chi connectivity index (χ0) is 31.3. The van der Waals surface area contributed by atoms with Crippen LogP contribution in [0, 0.1) is 76.0 Å². The van der Waals surface area contributed by atoms with Crippen LogP contribution in [0.4, 0.5) is 0 Å². The first-order valence-corrected chi connectivity index (χ1v) is 13.2. The molecule has 3 heterocycles. The first-order chi connectivity index (χ1) is 21.0. The van der Waals surface area contributed by atoms with Crippen molar-refractivity contribution in [2.24, 2.45) is 81.8 Å². The summed E-state index contributed by atoms with van der Waals surface area (Å²) in [5, 5.41) is 83.2. The Bertz CT molecular complexity index is 1350. The fourth-order valence-electron chi connectivity index (χ4n) is 8.43. The second kappa shape index (κ2) is 10.0. The average molecular weight is 611 g/mol. The first-order valence-electron chi connectivity index (χ1n) is 13.2. The molecule has 0 aromatic heterocycles. The predicted octanol–water partition coefficient (Wildman–Crippen LogP) is 2.78. The minimum Gasteiger partial charge on any atom is -0.307 e. The van der Waals surface area contributed by atoms with E-state index >= 15 is 0 Å². The molecule has 44 heavy (non-hydrogen) atoms. The Balaban J connectivity index is 1.68. The Labute approximate surface area is 244 Å². The van der Waals surface area contributed by atoms with Crippen molar-refractivity contribution in [2.75, 3.05) is 0 Å². The standard InChI is InChI=1S/C22H21N13O9/c36-32(37)20(4-1-7-23-29-26-20)16-13-10-19(44-35(42)43)11-14(16)18(22(34(40)41)6-3-9-25-31-28-22)15(12-19)17(13)21(33(38)39)5-2-8-24-30-27-21/h1-9,13-18H,10-12H2. The molecule has 0 amide bonds. The zero-order valence-electron chi connectivity index (χ0n) is 22.3. The van der Waals surface area contributed by atoms with Crippen molar-refractivity contribution in [3.05, 3.63) is 76.9 Å². The van der Waals surface area contributed by atoms with Gasteiger partial charge in [0.2, 0.25) is 0 Å². The van der Waals surface area contributed by atoms with Gasteiger partial charge in [0, 0.05) is 18.2 Å². The normalized spacial score (nSPS) is 42.5. The number of nitro groups is 3. The van der Waals surface area contributed by atoms with Gasteiger partial charge in [0.25, 0.3) is 5.09 Å². The molecule has 0 aromatic carbocycles. The topological polar surface area (TPSA) is 293 Å². The minimum absolute atomic E-state index is 0.269. The lowest BCUT2D eigenvalue weighted by molar-refractivity contribution is -0.787. The summed E-state index contributed by atoms with van der Waals surface area (Å²) in [6, 6.07) is 0. The number of hydrogen-bond acceptors (Lipinski definition) is 18. The summed E-state index contributed by atoms with van der Waals surface area (Å²) in [4.78, 5) is 53.7. The van der Waals surface area contributed by atoms with Crippen LogP contribution >= 0.6 is 0 Å². The minimum atomic E-state index is -2.45. The van der Waals surface area contributed by atoms with Crippen LogP contribution in [-0.2, 0) is 4.84 Å². The number of hydrogen-bond donors (Lipinski definition) is 0. The van der Waals surface area contributed by atoms with Crippen LogP contribution in [0.5, 0.6) is 0 Å². The predicted molar refractivity (Wildman–Crippen MR) is 142 cm³/mol. The summed E-state index contributed by atoms with van der Waals surface area (Å²) in [6.45, 7) is 0. The van der Waals surface area contributed by atoms with Crippen molar-refractivity contribution < 1.29 is 24.7 Å². The quantitative estimate of drug-likeness (QED) is 0.287. The highest BCUT2D eigenvalue weighted by atomic mass is 17.0. The van der Waals surface area contributed by atoms with Gasteiger partial charge in [-0.25, -0.2) is 0 Å². The van der Waals surface area contributed by atoms with Gasteiger partial charge in [-0.2, -0.15) is 0 Å². The van der Waals surface area contributed by atoms with Gasteiger partial charge >= 0.3 is 17.0 Å². The van der Waals surface area contributed by atoms with Crippen molar-refractivity contribution in [1.29, 1.82) is 0 Å². The van der Waals surface area contributed by atoms with Crippen LogP contribution in [-0.4, -0.2) is 61.1 Å². The van der Waals surface area contributed by atoms with Gasteiger partial charge in [-0.15, -0.1) is 25.4 Å². The molecule has 4 aliphatic carbocycles. The van der Waals surface area contributed by atoms with Gasteiger partial charge in [0.15, 0.2) is 0 Å². The van der Waals surface area contributed by atoms with Gasteiger partial charge in [0.05, 0.1) is 51.2 Å². The van der Waals surface area contributed by atoms with Crippen LogP contribution in [0.25, 0.3) is 0 Å². The van der Waals surface area contributed by atoms with Crippen molar-refractivity contribution >= 4 is 18.6 Å². The summed E-state index contributed by atoms with van der Waals surface area (Å²) < 4.78 is 0. The van der Waals surface area contributed by atoms with E-state index in [-0.39, 0.29) is 19.3 Å². The highest BCUT2D eigenvalue weighted by Gasteiger charge is 2.80. The van der Waals surface area contributed by atoms with Gasteiger partial charge in [-0.1, -0.05) is 15.3 Å². The van der Waals surface area contributed by atoms with E-state index in [1.165, 1.54) is 18.2 Å². The maximum absolute atomic E-state index is 13.0. The number of rotatable bonds is 8. The number of nitrogens with zero attached hydrogens (tertiary/aromatic N) is 13. The lowest BCUT2D eigenvalue weighted by Crippen LogP contribution is -2.74. The highest BCUT2D eigenvalue weighted by Crippen LogP contribution is 2.71. The van der Waals surface area contributed by atoms with Gasteiger partial charge in [-0.05, 0) is 70.9 Å². The molecule has 3 aliphatic heterocycles. The molecule has 0 spiro atoms. The molecule has 0 aromatic rings. The third-order valence-electron chi connectivity index (χ3n) is 9.46. The van der Waals surface area contributed by atoms with Crippen molar-refractivity contribution in [3.63, 3.8) is 0 Å². The summed E-state index contributed by atoms with van der Waals surface area (Å²) in [5.41, 5.74) is -8.95. The van der Waals surface area contributed by atoms with Gasteiger partial charge in [0.1, 0.15) is 5.60 Å². The number of allylic oxidation sites excluding steroid dienone is 3. The molecule has 4 fully saturated rings. The molecule has 3 unspecified atom stereocenters. The Kier molecular flexibility index (Phi) is 6.50. The van der Waals surface area contributed by atoms with E-state index in [1.807, 2.05) is 0 Å². The van der Waals surface area contributed by atoms with Crippen LogP contribution in [0.2, 0.25) is 0 Å². The van der Waals surface area contributed by atoms with E-state index in [0.29, 0.717) is 0 Å². The fourth-order valence-corrected chi connectivity index (χ4v) is 8.43. The maximum atomic E-state index is 13.0. The summed E-state index contributed by atoms with van der Waals surface area (Å²) >= 11 is 0. The largest absolute Gasteiger partial charge is 0.353 e.